The first-order chi connectivity index (χ1) is 10.7. The Bertz CT molecular complexity index is 614. The van der Waals surface area contributed by atoms with Crippen LogP contribution in [0.15, 0.2) is 48.5 Å². The van der Waals surface area contributed by atoms with E-state index >= 15 is 0 Å². The first-order valence-corrected chi connectivity index (χ1v) is 7.07. The molecule has 0 radical (unpaired) electrons. The van der Waals surface area contributed by atoms with E-state index < -0.39 is 0 Å². The van der Waals surface area contributed by atoms with Crippen molar-refractivity contribution < 1.29 is 13.9 Å². The highest BCUT2D eigenvalue weighted by Crippen LogP contribution is 2.22. The first kappa shape index (κ1) is 16.0. The molecule has 1 amide bonds. The molecular weight excluding hydrogens is 283 g/mol. The van der Waals surface area contributed by atoms with E-state index in [1.54, 1.807) is 31.4 Å². The van der Waals surface area contributed by atoms with Crippen LogP contribution in [0.3, 0.4) is 0 Å². The molecule has 116 valence electrons. The summed E-state index contributed by atoms with van der Waals surface area (Å²) < 4.78 is 17.9. The quantitative estimate of drug-likeness (QED) is 0.773. The molecule has 0 aromatic heterocycles. The standard InChI is InChI=1S/C17H19FN2O2/c1-22-16-5-3-2-4-15(16)20-17(21)10-11-19-12-13-6-8-14(18)9-7-13/h2-9,19H,10-12H2,1H3,(H,20,21). The van der Waals surface area contributed by atoms with Gasteiger partial charge in [0.2, 0.25) is 5.91 Å². The van der Waals surface area contributed by atoms with Crippen LogP contribution in [0.5, 0.6) is 5.75 Å². The molecule has 0 aliphatic rings. The Hall–Kier alpha value is -2.40. The number of carbonyl (C=O) groups is 1. The fraction of sp³-hybridized carbons (Fsp3) is 0.235. The zero-order valence-electron chi connectivity index (χ0n) is 12.4. The molecular formula is C17H19FN2O2. The van der Waals surface area contributed by atoms with Crippen molar-refractivity contribution in [3.8, 4) is 5.75 Å². The Morgan fingerprint density at radius 1 is 1.14 bits per heavy atom. The minimum absolute atomic E-state index is 0.0869. The summed E-state index contributed by atoms with van der Waals surface area (Å²) in [4.78, 5) is 11.9. The summed E-state index contributed by atoms with van der Waals surface area (Å²) in [6.07, 6.45) is 0.346. The van der Waals surface area contributed by atoms with Gasteiger partial charge in [0.25, 0.3) is 0 Å². The van der Waals surface area contributed by atoms with Crippen molar-refractivity contribution in [1.82, 2.24) is 5.32 Å². The fourth-order valence-corrected chi connectivity index (χ4v) is 2.00. The van der Waals surface area contributed by atoms with E-state index in [1.165, 1.54) is 12.1 Å². The second-order valence-electron chi connectivity index (χ2n) is 4.80. The monoisotopic (exact) mass is 302 g/mol. The number of nitrogens with one attached hydrogen (secondary N) is 2. The van der Waals surface area contributed by atoms with Gasteiger partial charge in [-0.3, -0.25) is 4.79 Å². The van der Waals surface area contributed by atoms with Gasteiger partial charge >= 0.3 is 0 Å². The summed E-state index contributed by atoms with van der Waals surface area (Å²) in [7, 11) is 1.56. The van der Waals surface area contributed by atoms with E-state index in [0.29, 0.717) is 30.9 Å². The zero-order valence-corrected chi connectivity index (χ0v) is 12.4. The van der Waals surface area contributed by atoms with Gasteiger partial charge in [-0.2, -0.15) is 0 Å². The molecule has 5 heteroatoms. The Kier molecular flexibility index (Phi) is 5.91. The lowest BCUT2D eigenvalue weighted by Gasteiger charge is -2.10. The minimum atomic E-state index is -0.250. The Morgan fingerprint density at radius 2 is 1.86 bits per heavy atom. The van der Waals surface area contributed by atoms with Crippen molar-refractivity contribution in [2.45, 2.75) is 13.0 Å². The molecule has 0 heterocycles. The molecule has 0 unspecified atom stereocenters. The number of hydrogen-bond donors (Lipinski definition) is 2. The van der Waals surface area contributed by atoms with Crippen molar-refractivity contribution in [3.63, 3.8) is 0 Å². The third kappa shape index (κ3) is 4.86. The summed E-state index contributed by atoms with van der Waals surface area (Å²) in [5.41, 5.74) is 1.64. The van der Waals surface area contributed by atoms with Gasteiger partial charge in [0.05, 0.1) is 12.8 Å². The minimum Gasteiger partial charge on any atom is -0.495 e. The molecule has 0 fully saturated rings. The SMILES string of the molecule is COc1ccccc1NC(=O)CCNCc1ccc(F)cc1. The summed E-state index contributed by atoms with van der Waals surface area (Å²) in [5.74, 6) is 0.297. The number of anilines is 1. The van der Waals surface area contributed by atoms with Gasteiger partial charge in [-0.25, -0.2) is 4.39 Å². The number of carbonyl (C=O) groups excluding carboxylic acids is 1. The van der Waals surface area contributed by atoms with Crippen LogP contribution in [0, 0.1) is 5.82 Å². The maximum atomic E-state index is 12.8. The summed E-state index contributed by atoms with van der Waals surface area (Å²) in [5, 5.41) is 5.97. The molecule has 22 heavy (non-hydrogen) atoms. The van der Waals surface area contributed by atoms with Crippen molar-refractivity contribution in [2.24, 2.45) is 0 Å². The number of methoxy groups -OCH3 is 1. The van der Waals surface area contributed by atoms with Crippen molar-refractivity contribution in [1.29, 1.82) is 0 Å². The highest BCUT2D eigenvalue weighted by molar-refractivity contribution is 5.92. The molecule has 2 aromatic rings. The third-order valence-corrected chi connectivity index (χ3v) is 3.15. The lowest BCUT2D eigenvalue weighted by Crippen LogP contribution is -2.21. The highest BCUT2D eigenvalue weighted by Gasteiger charge is 2.06. The van der Waals surface area contributed by atoms with Crippen molar-refractivity contribution >= 4 is 11.6 Å². The predicted molar refractivity (Wildman–Crippen MR) is 84.3 cm³/mol. The topological polar surface area (TPSA) is 50.4 Å². The Morgan fingerprint density at radius 3 is 2.59 bits per heavy atom. The summed E-state index contributed by atoms with van der Waals surface area (Å²) in [6, 6.07) is 13.6. The number of para-hydroxylation sites is 2. The van der Waals surface area contributed by atoms with E-state index in [-0.39, 0.29) is 11.7 Å². The average molecular weight is 302 g/mol. The number of benzene rings is 2. The number of ether oxygens (including phenoxy) is 1. The molecule has 0 bridgehead atoms. The summed E-state index contributed by atoms with van der Waals surface area (Å²) >= 11 is 0. The van der Waals surface area contributed by atoms with E-state index in [9.17, 15) is 9.18 Å². The highest BCUT2D eigenvalue weighted by atomic mass is 19.1. The number of rotatable bonds is 7. The molecule has 2 rings (SSSR count). The lowest BCUT2D eigenvalue weighted by atomic mass is 10.2. The number of halogens is 1. The lowest BCUT2D eigenvalue weighted by molar-refractivity contribution is -0.116. The Labute approximate surface area is 129 Å². The molecule has 0 saturated heterocycles. The van der Waals surface area contributed by atoms with Crippen LogP contribution in [0.2, 0.25) is 0 Å². The van der Waals surface area contributed by atoms with Gasteiger partial charge in [-0.15, -0.1) is 0 Å². The third-order valence-electron chi connectivity index (χ3n) is 3.15. The first-order valence-electron chi connectivity index (χ1n) is 7.07. The number of amides is 1. The summed E-state index contributed by atoms with van der Waals surface area (Å²) in [6.45, 7) is 1.14. The fourth-order valence-electron chi connectivity index (χ4n) is 2.00. The van der Waals surface area contributed by atoms with Crippen LogP contribution in [0.4, 0.5) is 10.1 Å². The van der Waals surface area contributed by atoms with Gasteiger partial charge in [0.1, 0.15) is 11.6 Å². The smallest absolute Gasteiger partial charge is 0.225 e. The number of hydrogen-bond acceptors (Lipinski definition) is 3. The molecule has 0 spiro atoms. The normalized spacial score (nSPS) is 10.3. The van der Waals surface area contributed by atoms with Crippen LogP contribution in [0.1, 0.15) is 12.0 Å². The van der Waals surface area contributed by atoms with Gasteiger partial charge < -0.3 is 15.4 Å². The van der Waals surface area contributed by atoms with Crippen LogP contribution >= 0.6 is 0 Å². The van der Waals surface area contributed by atoms with Crippen LogP contribution in [-0.2, 0) is 11.3 Å². The molecule has 4 nitrogen and oxygen atoms in total. The second kappa shape index (κ2) is 8.14. The van der Waals surface area contributed by atoms with Crippen LogP contribution in [0.25, 0.3) is 0 Å². The Balaban J connectivity index is 1.72. The second-order valence-corrected chi connectivity index (χ2v) is 4.80. The van der Waals surface area contributed by atoms with Gasteiger partial charge in [0, 0.05) is 19.5 Å². The molecule has 0 aliphatic heterocycles. The van der Waals surface area contributed by atoms with Gasteiger partial charge in [-0.05, 0) is 29.8 Å². The van der Waals surface area contributed by atoms with E-state index in [4.69, 9.17) is 4.74 Å². The van der Waals surface area contributed by atoms with Crippen molar-refractivity contribution in [3.05, 3.63) is 59.9 Å². The van der Waals surface area contributed by atoms with Crippen molar-refractivity contribution in [2.75, 3.05) is 19.0 Å². The van der Waals surface area contributed by atoms with Gasteiger partial charge in [0.15, 0.2) is 0 Å². The predicted octanol–water partition coefficient (Wildman–Crippen LogP) is 2.95. The maximum Gasteiger partial charge on any atom is 0.225 e. The average Bonchev–Trinajstić information content (AvgIpc) is 2.54. The molecule has 0 saturated carbocycles. The van der Waals surface area contributed by atoms with Gasteiger partial charge in [-0.1, -0.05) is 24.3 Å². The van der Waals surface area contributed by atoms with Crippen LogP contribution in [-0.4, -0.2) is 19.6 Å². The molecule has 2 aromatic carbocycles. The largest absolute Gasteiger partial charge is 0.495 e. The van der Waals surface area contributed by atoms with E-state index in [1.807, 2.05) is 12.1 Å². The molecule has 0 aliphatic carbocycles. The molecule has 2 N–H and O–H groups in total. The van der Waals surface area contributed by atoms with Crippen LogP contribution < -0.4 is 15.4 Å². The maximum absolute atomic E-state index is 12.8. The van der Waals surface area contributed by atoms with E-state index in [2.05, 4.69) is 10.6 Å². The molecule has 0 atom stereocenters. The zero-order chi connectivity index (χ0) is 15.8. The van der Waals surface area contributed by atoms with E-state index in [0.717, 1.165) is 5.56 Å².